The van der Waals surface area contributed by atoms with E-state index >= 15 is 0 Å². The number of aliphatic carboxylic acids is 1. The maximum Gasteiger partial charge on any atom is 0.330 e. The summed E-state index contributed by atoms with van der Waals surface area (Å²) in [4.78, 5) is 35.1. The van der Waals surface area contributed by atoms with Crippen molar-refractivity contribution in [1.82, 2.24) is 0 Å². The number of esters is 2. The standard InChI is InChI=1S/C39H40O22/c40-17-9-21(43)18-11-25(59-39-36(54)34(52)32(50)27(61-39)14-56-30(48)12-28(45)46)37(57-23(18)10-17)16-3-5-20(42)24(8-16)58-38-35(53)33(51)31(49)26(60-38)13-55-29(47)6-2-15-1-4-19(41)22(44)7-15/h1-11,26-27,31-44,49-54H,12-14H2,(H,45,46)/p+1. The highest BCUT2D eigenvalue weighted by atomic mass is 16.7. The molecule has 2 saturated heterocycles. The van der Waals surface area contributed by atoms with Crippen molar-refractivity contribution in [3.8, 4) is 40.2 Å². The number of ether oxygens (including phenoxy) is 7. The molecule has 22 heteroatoms. The molecule has 0 aliphatic carbocycles. The van der Waals surface area contributed by atoms with E-state index in [4.69, 9.17) is 33.5 Å². The number of fused-ring (bicyclic) bond motifs is 1. The summed E-state index contributed by atoms with van der Waals surface area (Å²) in [5, 5.41) is 124. The number of phenolic OH excluding ortho intramolecular Hbond substituents is 5. The summed E-state index contributed by atoms with van der Waals surface area (Å²) in [6, 6.07) is 9.61. The minimum Gasteiger partial charge on any atom is -0.571 e. The number of phenols is 5. The number of hydrogen-bond donors (Lipinski definition) is 12. The largest absolute Gasteiger partial charge is 0.571 e. The molecule has 0 aromatic heterocycles. The number of aliphatic hydroxyl groups is 7. The Morgan fingerprint density at radius 1 is 0.672 bits per heavy atom. The molecular formula is C39H41O22+. The lowest BCUT2D eigenvalue weighted by molar-refractivity contribution is -0.296. The Kier molecular flexibility index (Phi) is 13.4. The zero-order valence-corrected chi connectivity index (χ0v) is 31.3. The number of carbonyl (C=O) groups is 3. The van der Waals surface area contributed by atoms with Crippen LogP contribution in [-0.4, -0.2) is 159 Å². The van der Waals surface area contributed by atoms with E-state index < -0.39 is 128 Å². The van der Waals surface area contributed by atoms with Gasteiger partial charge in [0.05, 0.1) is 11.6 Å². The molecule has 0 amide bonds. The molecule has 328 valence electrons. The van der Waals surface area contributed by atoms with Crippen LogP contribution in [0.2, 0.25) is 0 Å². The minimum absolute atomic E-state index is 0.0116. The third-order valence-corrected chi connectivity index (χ3v) is 9.58. The van der Waals surface area contributed by atoms with E-state index in [1.807, 2.05) is 0 Å². The monoisotopic (exact) mass is 861 g/mol. The van der Waals surface area contributed by atoms with Crippen LogP contribution < -0.4 is 4.74 Å². The van der Waals surface area contributed by atoms with Crippen LogP contribution in [0.1, 0.15) is 29.2 Å². The average Bonchev–Trinajstić information content (AvgIpc) is 3.21. The second-order valence-electron chi connectivity index (χ2n) is 13.9. The lowest BCUT2D eigenvalue weighted by Gasteiger charge is -2.40. The molecule has 3 aliphatic rings. The number of aliphatic hydroxyl groups excluding tert-OH is 6. The lowest BCUT2D eigenvalue weighted by atomic mass is 9.98. The van der Waals surface area contributed by atoms with Crippen molar-refractivity contribution in [1.29, 1.82) is 0 Å². The highest BCUT2D eigenvalue weighted by molar-refractivity contribution is 5.90. The number of hydrogen-bond acceptors (Lipinski definition) is 20. The summed E-state index contributed by atoms with van der Waals surface area (Å²) in [6.07, 6.45) is -16.9. The van der Waals surface area contributed by atoms with Gasteiger partial charge >= 0.3 is 17.9 Å². The SMILES string of the molecule is O=C(O)CC(=O)OCC1OC(OC2=Cc3c(O)cc(O)cc3[OH+]C2c2ccc(O)c(OC3OC(COC(=O)C=Cc4ccc(O)c(O)c4)C(O)C(O)C3O)c2)C(O)C(O)C1O. The predicted molar refractivity (Wildman–Crippen MR) is 198 cm³/mol. The van der Waals surface area contributed by atoms with Gasteiger partial charge in [0.1, 0.15) is 85.5 Å². The van der Waals surface area contributed by atoms with Gasteiger partial charge in [0, 0.05) is 18.2 Å². The van der Waals surface area contributed by atoms with Gasteiger partial charge < -0.3 is 94.4 Å². The fraction of sp³-hybridized carbons (Fsp3) is 0.359. The van der Waals surface area contributed by atoms with Crippen LogP contribution >= 0.6 is 0 Å². The van der Waals surface area contributed by atoms with Crippen molar-refractivity contribution in [3.05, 3.63) is 77.1 Å². The first-order valence-electron chi connectivity index (χ1n) is 18.2. The Morgan fingerprint density at radius 3 is 1.93 bits per heavy atom. The number of carboxylic acid groups (broad SMARTS) is 1. The normalized spacial score (nSPS) is 28.5. The quantitative estimate of drug-likeness (QED) is 0.0317. The van der Waals surface area contributed by atoms with Crippen molar-refractivity contribution in [2.45, 2.75) is 73.9 Å². The summed E-state index contributed by atoms with van der Waals surface area (Å²) in [7, 11) is 0. The van der Waals surface area contributed by atoms with E-state index in [-0.39, 0.29) is 34.1 Å². The summed E-state index contributed by atoms with van der Waals surface area (Å²) in [5.74, 6) is -6.43. The zero-order valence-electron chi connectivity index (χ0n) is 31.3. The molecule has 22 nitrogen and oxygen atoms in total. The second kappa shape index (κ2) is 18.5. The zero-order chi connectivity index (χ0) is 44.3. The molecule has 0 bridgehead atoms. The van der Waals surface area contributed by atoms with Crippen molar-refractivity contribution in [2.24, 2.45) is 0 Å². The Bertz CT molecular complexity index is 2170. The molecule has 11 atom stereocenters. The number of carboxylic acids is 1. The molecule has 0 radical (unpaired) electrons. The topological polar surface area (TPSA) is 362 Å². The molecule has 3 aromatic carbocycles. The van der Waals surface area contributed by atoms with Gasteiger partial charge in [-0.25, -0.2) is 4.79 Å². The molecule has 13 N–H and O–H groups in total. The Labute approximate surface area is 343 Å². The summed E-state index contributed by atoms with van der Waals surface area (Å²) in [6.45, 7) is -1.43. The number of aromatic hydroxyl groups is 6. The molecular weight excluding hydrogens is 820 g/mol. The van der Waals surface area contributed by atoms with Crippen LogP contribution in [0.15, 0.2) is 60.4 Å². The first-order valence-corrected chi connectivity index (χ1v) is 18.2. The third kappa shape index (κ3) is 10.2. The highest BCUT2D eigenvalue weighted by Gasteiger charge is 2.48. The second-order valence-corrected chi connectivity index (χ2v) is 13.9. The Morgan fingerprint density at radius 2 is 1.30 bits per heavy atom. The molecule has 0 spiro atoms. The molecule has 11 unspecified atom stereocenters. The van der Waals surface area contributed by atoms with Crippen LogP contribution in [-0.2, 0) is 38.1 Å². The number of carbonyl (C=O) groups excluding carboxylic acids is 2. The highest BCUT2D eigenvalue weighted by Crippen LogP contribution is 2.46. The first-order chi connectivity index (χ1) is 28.9. The molecule has 0 saturated carbocycles. The van der Waals surface area contributed by atoms with Gasteiger partial charge in [0.2, 0.25) is 12.6 Å². The molecule has 61 heavy (non-hydrogen) atoms. The summed E-state index contributed by atoms with van der Waals surface area (Å²) >= 11 is 0. The van der Waals surface area contributed by atoms with E-state index in [2.05, 4.69) is 4.74 Å². The van der Waals surface area contributed by atoms with E-state index in [0.29, 0.717) is 5.56 Å². The summed E-state index contributed by atoms with van der Waals surface area (Å²) in [5.41, 5.74) is 0.453. The number of rotatable bonds is 13. The van der Waals surface area contributed by atoms with Crippen LogP contribution in [0.5, 0.6) is 40.2 Å². The predicted octanol–water partition coefficient (Wildman–Crippen LogP) is -1.16. The van der Waals surface area contributed by atoms with Gasteiger partial charge in [-0.2, -0.15) is 0 Å². The van der Waals surface area contributed by atoms with Gasteiger partial charge in [0.25, 0.3) is 11.9 Å². The van der Waals surface area contributed by atoms with E-state index in [1.165, 1.54) is 48.6 Å². The van der Waals surface area contributed by atoms with Gasteiger partial charge in [-0.05, 0) is 42.0 Å². The average molecular weight is 862 g/mol. The van der Waals surface area contributed by atoms with Crippen molar-refractivity contribution in [3.63, 3.8) is 0 Å². The van der Waals surface area contributed by atoms with Crippen molar-refractivity contribution < 1.29 is 109 Å². The van der Waals surface area contributed by atoms with Gasteiger partial charge in [-0.1, -0.05) is 6.07 Å². The molecule has 2 fully saturated rings. The molecule has 3 aliphatic heterocycles. The molecule has 6 rings (SSSR count). The number of benzene rings is 3. The Balaban J connectivity index is 1.21. The van der Waals surface area contributed by atoms with Gasteiger partial charge in [-0.15, -0.1) is 0 Å². The van der Waals surface area contributed by atoms with Gasteiger partial charge in [0.15, 0.2) is 28.8 Å². The fourth-order valence-electron chi connectivity index (χ4n) is 6.35. The van der Waals surface area contributed by atoms with Crippen molar-refractivity contribution >= 4 is 30.1 Å². The molecule has 3 heterocycles. The van der Waals surface area contributed by atoms with Gasteiger partial charge in [-0.3, -0.25) is 9.59 Å². The van der Waals surface area contributed by atoms with Crippen molar-refractivity contribution in [2.75, 3.05) is 13.2 Å². The fourth-order valence-corrected chi connectivity index (χ4v) is 6.35. The van der Waals surface area contributed by atoms with E-state index in [0.717, 1.165) is 18.2 Å². The summed E-state index contributed by atoms with van der Waals surface area (Å²) < 4.78 is 37.5. The van der Waals surface area contributed by atoms with Crippen LogP contribution in [0.3, 0.4) is 0 Å². The Hall–Kier alpha value is -6.37. The third-order valence-electron chi connectivity index (χ3n) is 9.58. The van der Waals surface area contributed by atoms with Crippen LogP contribution in [0, 0.1) is 0 Å². The maximum atomic E-state index is 12.4. The molecule has 3 aromatic rings. The van der Waals surface area contributed by atoms with E-state index in [1.54, 1.807) is 0 Å². The first kappa shape index (κ1) is 44.2. The van der Waals surface area contributed by atoms with Crippen LogP contribution in [0.25, 0.3) is 12.2 Å². The van der Waals surface area contributed by atoms with Crippen LogP contribution in [0.4, 0.5) is 0 Å². The minimum atomic E-state index is -1.96. The maximum absolute atomic E-state index is 12.4. The van der Waals surface area contributed by atoms with E-state index in [9.17, 15) is 70.6 Å². The smallest absolute Gasteiger partial charge is 0.330 e. The lowest BCUT2D eigenvalue weighted by Crippen LogP contribution is -2.60.